The fourth-order valence-corrected chi connectivity index (χ4v) is 2.36. The first kappa shape index (κ1) is 14.1. The zero-order valence-electron chi connectivity index (χ0n) is 11.0. The molecule has 0 aliphatic carbocycles. The number of hydrogen-bond acceptors (Lipinski definition) is 3. The minimum Gasteiger partial charge on any atom is -0.493 e. The molecule has 0 bridgehead atoms. The Morgan fingerprint density at radius 1 is 1.32 bits per heavy atom. The summed E-state index contributed by atoms with van der Waals surface area (Å²) in [6.07, 6.45) is 3.46. The van der Waals surface area contributed by atoms with Crippen molar-refractivity contribution in [2.24, 2.45) is 12.8 Å². The van der Waals surface area contributed by atoms with Gasteiger partial charge in [0.1, 0.15) is 5.75 Å². The highest BCUT2D eigenvalue weighted by molar-refractivity contribution is 9.10. The molecule has 0 atom stereocenters. The van der Waals surface area contributed by atoms with E-state index in [1.807, 2.05) is 29.9 Å². The molecule has 2 N–H and O–H groups in total. The molecule has 0 amide bonds. The minimum atomic E-state index is 0.620. The lowest BCUT2D eigenvalue weighted by Crippen LogP contribution is -2.09. The number of aromatic nitrogens is 2. The summed E-state index contributed by atoms with van der Waals surface area (Å²) >= 11 is 3.47. The van der Waals surface area contributed by atoms with Gasteiger partial charge in [-0.15, -0.1) is 0 Å². The summed E-state index contributed by atoms with van der Waals surface area (Å²) in [5.41, 5.74) is 7.93. The summed E-state index contributed by atoms with van der Waals surface area (Å²) in [6.45, 7) is 1.26. The molecule has 0 aliphatic heterocycles. The van der Waals surface area contributed by atoms with E-state index in [0.717, 1.165) is 34.3 Å². The van der Waals surface area contributed by atoms with E-state index in [1.54, 1.807) is 6.20 Å². The highest BCUT2D eigenvalue weighted by Crippen LogP contribution is 2.23. The molecular weight excluding hydrogens is 306 g/mol. The van der Waals surface area contributed by atoms with Gasteiger partial charge in [-0.05, 0) is 42.8 Å². The summed E-state index contributed by atoms with van der Waals surface area (Å²) in [6, 6.07) is 8.04. The quantitative estimate of drug-likeness (QED) is 0.887. The zero-order chi connectivity index (χ0) is 13.7. The fraction of sp³-hybridized carbons (Fsp3) is 0.357. The van der Waals surface area contributed by atoms with Crippen LogP contribution in [0.2, 0.25) is 0 Å². The molecule has 0 aliphatic rings. The molecule has 2 aromatic rings. The summed E-state index contributed by atoms with van der Waals surface area (Å²) in [4.78, 5) is 0. The highest BCUT2D eigenvalue weighted by atomic mass is 79.9. The lowest BCUT2D eigenvalue weighted by molar-refractivity contribution is 0.315. The predicted molar refractivity (Wildman–Crippen MR) is 79.3 cm³/mol. The lowest BCUT2D eigenvalue weighted by atomic mass is 10.1. The van der Waals surface area contributed by atoms with E-state index in [2.05, 4.69) is 27.1 Å². The van der Waals surface area contributed by atoms with Gasteiger partial charge in [-0.1, -0.05) is 15.9 Å². The Kier molecular flexibility index (Phi) is 4.99. The molecule has 0 saturated heterocycles. The first-order chi connectivity index (χ1) is 9.20. The van der Waals surface area contributed by atoms with Crippen LogP contribution in [0.5, 0.6) is 5.75 Å². The molecule has 5 heteroatoms. The van der Waals surface area contributed by atoms with Crippen LogP contribution in [0.25, 0.3) is 0 Å². The van der Waals surface area contributed by atoms with Crippen molar-refractivity contribution in [3.63, 3.8) is 0 Å². The first-order valence-corrected chi connectivity index (χ1v) is 7.08. The largest absolute Gasteiger partial charge is 0.493 e. The van der Waals surface area contributed by atoms with E-state index in [4.69, 9.17) is 10.5 Å². The van der Waals surface area contributed by atoms with E-state index in [1.165, 1.54) is 0 Å². The van der Waals surface area contributed by atoms with Crippen molar-refractivity contribution < 1.29 is 4.74 Å². The Morgan fingerprint density at radius 2 is 2.16 bits per heavy atom. The van der Waals surface area contributed by atoms with E-state index in [9.17, 15) is 0 Å². The molecule has 4 nitrogen and oxygen atoms in total. The second kappa shape index (κ2) is 6.73. The van der Waals surface area contributed by atoms with Gasteiger partial charge < -0.3 is 10.5 Å². The maximum absolute atomic E-state index is 5.86. The van der Waals surface area contributed by atoms with Crippen LogP contribution in [-0.2, 0) is 19.9 Å². The van der Waals surface area contributed by atoms with E-state index in [-0.39, 0.29) is 0 Å². The molecule has 0 spiro atoms. The molecule has 102 valence electrons. The van der Waals surface area contributed by atoms with Gasteiger partial charge >= 0.3 is 0 Å². The molecule has 19 heavy (non-hydrogen) atoms. The van der Waals surface area contributed by atoms with Crippen LogP contribution < -0.4 is 10.5 Å². The van der Waals surface area contributed by atoms with Crippen LogP contribution in [0.4, 0.5) is 0 Å². The Labute approximate surface area is 121 Å². The maximum Gasteiger partial charge on any atom is 0.122 e. The van der Waals surface area contributed by atoms with Gasteiger partial charge in [-0.2, -0.15) is 5.10 Å². The zero-order valence-corrected chi connectivity index (χ0v) is 12.6. The van der Waals surface area contributed by atoms with Gasteiger partial charge in [0, 0.05) is 29.8 Å². The van der Waals surface area contributed by atoms with Crippen molar-refractivity contribution in [2.45, 2.75) is 12.8 Å². The summed E-state index contributed by atoms with van der Waals surface area (Å²) in [5, 5.41) is 4.14. The third-order valence-electron chi connectivity index (χ3n) is 2.97. The Bertz CT molecular complexity index is 539. The number of rotatable bonds is 6. The van der Waals surface area contributed by atoms with Gasteiger partial charge in [-0.3, -0.25) is 4.68 Å². The topological polar surface area (TPSA) is 53.1 Å². The number of hydrogen-bond donors (Lipinski definition) is 1. The van der Waals surface area contributed by atoms with E-state index < -0.39 is 0 Å². The Balaban J connectivity index is 1.97. The van der Waals surface area contributed by atoms with Crippen LogP contribution in [-0.4, -0.2) is 22.9 Å². The fourth-order valence-electron chi connectivity index (χ4n) is 1.95. The molecule has 0 unspecified atom stereocenters. The van der Waals surface area contributed by atoms with Crippen LogP contribution >= 0.6 is 15.9 Å². The third-order valence-corrected chi connectivity index (χ3v) is 3.47. The molecule has 0 fully saturated rings. The number of nitrogens with zero attached hydrogens (tertiary/aromatic N) is 2. The summed E-state index contributed by atoms with van der Waals surface area (Å²) in [5.74, 6) is 0.913. The van der Waals surface area contributed by atoms with Crippen molar-refractivity contribution in [1.29, 1.82) is 0 Å². The average molecular weight is 324 g/mol. The SMILES string of the molecule is Cn1nccc1CCOc1ccc(Br)cc1CCN. The van der Waals surface area contributed by atoms with Gasteiger partial charge in [0.05, 0.1) is 6.61 Å². The Morgan fingerprint density at radius 3 is 2.84 bits per heavy atom. The van der Waals surface area contributed by atoms with Crippen LogP contribution in [0.3, 0.4) is 0 Å². The van der Waals surface area contributed by atoms with E-state index in [0.29, 0.717) is 13.2 Å². The van der Waals surface area contributed by atoms with E-state index >= 15 is 0 Å². The monoisotopic (exact) mass is 323 g/mol. The number of aryl methyl sites for hydroxylation is 1. The molecular formula is C14H18BrN3O. The van der Waals surface area contributed by atoms with Gasteiger partial charge in [0.25, 0.3) is 0 Å². The first-order valence-electron chi connectivity index (χ1n) is 6.29. The predicted octanol–water partition coefficient (Wildman–Crippen LogP) is 2.31. The van der Waals surface area contributed by atoms with Crippen LogP contribution in [0.1, 0.15) is 11.3 Å². The normalized spacial score (nSPS) is 10.7. The van der Waals surface area contributed by atoms with Crippen LogP contribution in [0, 0.1) is 0 Å². The Hall–Kier alpha value is -1.33. The minimum absolute atomic E-state index is 0.620. The second-order valence-electron chi connectivity index (χ2n) is 4.34. The van der Waals surface area contributed by atoms with Gasteiger partial charge in [-0.25, -0.2) is 0 Å². The molecule has 1 aromatic carbocycles. The van der Waals surface area contributed by atoms with Crippen LogP contribution in [0.15, 0.2) is 34.9 Å². The highest BCUT2D eigenvalue weighted by Gasteiger charge is 2.05. The maximum atomic E-state index is 5.86. The molecule has 2 rings (SSSR count). The van der Waals surface area contributed by atoms with Crippen molar-refractivity contribution in [1.82, 2.24) is 9.78 Å². The number of halogens is 1. The third kappa shape index (κ3) is 3.81. The number of benzene rings is 1. The standard InChI is InChI=1S/C14H18BrN3O/c1-18-13(5-8-17-18)6-9-19-14-3-2-12(15)10-11(14)4-7-16/h2-3,5,8,10H,4,6-7,9,16H2,1H3. The smallest absolute Gasteiger partial charge is 0.122 e. The van der Waals surface area contributed by atoms with Crippen molar-refractivity contribution in [3.8, 4) is 5.75 Å². The number of ether oxygens (including phenoxy) is 1. The van der Waals surface area contributed by atoms with Crippen molar-refractivity contribution in [2.75, 3.05) is 13.2 Å². The summed E-state index contributed by atoms with van der Waals surface area (Å²) < 4.78 is 8.77. The number of nitrogens with two attached hydrogens (primary N) is 1. The van der Waals surface area contributed by atoms with Gasteiger partial charge in [0.2, 0.25) is 0 Å². The average Bonchev–Trinajstić information content (AvgIpc) is 2.78. The van der Waals surface area contributed by atoms with Crippen molar-refractivity contribution in [3.05, 3.63) is 46.2 Å². The molecule has 0 saturated carbocycles. The van der Waals surface area contributed by atoms with Crippen molar-refractivity contribution >= 4 is 15.9 Å². The molecule has 0 radical (unpaired) electrons. The molecule has 1 heterocycles. The molecule has 1 aromatic heterocycles. The summed E-state index contributed by atoms with van der Waals surface area (Å²) in [7, 11) is 1.94. The lowest BCUT2D eigenvalue weighted by Gasteiger charge is -2.11. The van der Waals surface area contributed by atoms with Gasteiger partial charge in [0.15, 0.2) is 0 Å². The second-order valence-corrected chi connectivity index (χ2v) is 5.25.